The first-order valence-electron chi connectivity index (χ1n) is 12.0. The molecule has 0 unspecified atom stereocenters. The molecule has 0 aromatic heterocycles. The average molecular weight is 428 g/mol. The van der Waals surface area contributed by atoms with Gasteiger partial charge in [-0.2, -0.15) is 0 Å². The standard InChI is InChI=1S/C30H37NO/c1-15-12-16(2)22-13-28(8)14-30-11-10-23(30)18(4)25(27(31)32)20(6)29(30,9)21(7)26(28)19(5)24(22)17(15)3/h12,23H,5-6,10-11,13-14H2,1-4,7-9H3,(H2,31,32)/t23-,28+,29+,30+/m1/s1. The topological polar surface area (TPSA) is 43.1 Å². The Morgan fingerprint density at radius 3 is 2.31 bits per heavy atom. The molecule has 1 saturated carbocycles. The summed E-state index contributed by atoms with van der Waals surface area (Å²) in [6.07, 6.45) is 4.49. The van der Waals surface area contributed by atoms with Crippen molar-refractivity contribution in [3.05, 3.63) is 74.9 Å². The second-order valence-corrected chi connectivity index (χ2v) is 11.7. The molecule has 0 radical (unpaired) electrons. The summed E-state index contributed by atoms with van der Waals surface area (Å²) < 4.78 is 0. The molecule has 4 atom stereocenters. The number of hydrogen-bond acceptors (Lipinski definition) is 1. The molecule has 1 aromatic rings. The normalized spacial score (nSPS) is 35.7. The monoisotopic (exact) mass is 427 g/mol. The number of fused-ring (bicyclic) bond motifs is 2. The molecule has 4 aliphatic carbocycles. The number of amides is 1. The third-order valence-electron chi connectivity index (χ3n) is 10.4. The lowest BCUT2D eigenvalue weighted by Gasteiger charge is -2.70. The number of carbonyl (C=O) groups is 1. The van der Waals surface area contributed by atoms with Crippen LogP contribution in [0.1, 0.15) is 74.8 Å². The Bertz CT molecular complexity index is 1220. The fraction of sp³-hybridized carbons (Fsp3) is 0.500. The van der Waals surface area contributed by atoms with Gasteiger partial charge in [0.05, 0.1) is 0 Å². The van der Waals surface area contributed by atoms with E-state index in [-0.39, 0.29) is 22.2 Å². The van der Waals surface area contributed by atoms with Crippen LogP contribution >= 0.6 is 0 Å². The maximum absolute atomic E-state index is 12.5. The molecule has 1 amide bonds. The van der Waals surface area contributed by atoms with Crippen molar-refractivity contribution in [2.75, 3.05) is 0 Å². The van der Waals surface area contributed by atoms with E-state index in [4.69, 9.17) is 12.3 Å². The third kappa shape index (κ3) is 2.15. The van der Waals surface area contributed by atoms with Gasteiger partial charge in [0.1, 0.15) is 0 Å². The highest BCUT2D eigenvalue weighted by Crippen LogP contribution is 2.77. The lowest BCUT2D eigenvalue weighted by Crippen LogP contribution is -2.62. The zero-order valence-corrected chi connectivity index (χ0v) is 20.9. The van der Waals surface area contributed by atoms with Gasteiger partial charge in [0, 0.05) is 11.0 Å². The van der Waals surface area contributed by atoms with Crippen molar-refractivity contribution in [2.45, 2.75) is 74.1 Å². The zero-order chi connectivity index (χ0) is 23.5. The molecule has 1 aromatic carbocycles. The molecule has 32 heavy (non-hydrogen) atoms. The molecule has 0 saturated heterocycles. The Morgan fingerprint density at radius 2 is 1.75 bits per heavy atom. The number of hydrogen-bond donors (Lipinski definition) is 1. The molecule has 0 heterocycles. The van der Waals surface area contributed by atoms with E-state index < -0.39 is 0 Å². The Kier molecular flexibility index (Phi) is 4.13. The van der Waals surface area contributed by atoms with Gasteiger partial charge in [0.15, 0.2) is 0 Å². The van der Waals surface area contributed by atoms with Crippen molar-refractivity contribution >= 4 is 11.5 Å². The lowest BCUT2D eigenvalue weighted by atomic mass is 9.33. The van der Waals surface area contributed by atoms with Gasteiger partial charge >= 0.3 is 0 Å². The van der Waals surface area contributed by atoms with E-state index in [0.29, 0.717) is 11.5 Å². The predicted octanol–water partition coefficient (Wildman–Crippen LogP) is 6.68. The van der Waals surface area contributed by atoms with E-state index in [1.165, 1.54) is 56.5 Å². The smallest absolute Gasteiger partial charge is 0.248 e. The summed E-state index contributed by atoms with van der Waals surface area (Å²) in [7, 11) is 0. The second-order valence-electron chi connectivity index (χ2n) is 11.7. The van der Waals surface area contributed by atoms with Crippen LogP contribution in [0.15, 0.2) is 47.1 Å². The van der Waals surface area contributed by atoms with Gasteiger partial charge in [0.2, 0.25) is 5.91 Å². The van der Waals surface area contributed by atoms with Crippen molar-refractivity contribution < 1.29 is 4.79 Å². The van der Waals surface area contributed by atoms with E-state index in [1.54, 1.807) is 0 Å². The largest absolute Gasteiger partial charge is 0.366 e. The predicted molar refractivity (Wildman–Crippen MR) is 133 cm³/mol. The molecule has 2 nitrogen and oxygen atoms in total. The van der Waals surface area contributed by atoms with Gasteiger partial charge in [0.25, 0.3) is 0 Å². The lowest BCUT2D eigenvalue weighted by molar-refractivity contribution is -0.116. The number of rotatable bonds is 1. The molecule has 5 rings (SSSR count). The molecule has 0 aliphatic heterocycles. The van der Waals surface area contributed by atoms with Gasteiger partial charge < -0.3 is 5.73 Å². The second kappa shape index (κ2) is 6.16. The van der Waals surface area contributed by atoms with E-state index in [1.807, 2.05) is 0 Å². The minimum absolute atomic E-state index is 0.0452. The minimum Gasteiger partial charge on any atom is -0.366 e. The summed E-state index contributed by atoms with van der Waals surface area (Å²) in [6.45, 7) is 25.2. The quantitative estimate of drug-likeness (QED) is 0.533. The van der Waals surface area contributed by atoms with Crippen LogP contribution in [-0.2, 0) is 11.2 Å². The highest BCUT2D eigenvalue weighted by molar-refractivity contribution is 5.99. The van der Waals surface area contributed by atoms with Crippen LogP contribution in [0.2, 0.25) is 0 Å². The first-order valence-corrected chi connectivity index (χ1v) is 12.0. The molecule has 2 heteroatoms. The van der Waals surface area contributed by atoms with E-state index in [9.17, 15) is 4.79 Å². The van der Waals surface area contributed by atoms with E-state index >= 15 is 0 Å². The van der Waals surface area contributed by atoms with Crippen molar-refractivity contribution in [3.8, 4) is 0 Å². The molecule has 2 N–H and O–H groups in total. The summed E-state index contributed by atoms with van der Waals surface area (Å²) in [5.74, 6) is 0.0830. The van der Waals surface area contributed by atoms with Crippen molar-refractivity contribution in [1.29, 1.82) is 0 Å². The van der Waals surface area contributed by atoms with E-state index in [0.717, 1.165) is 24.8 Å². The summed E-state index contributed by atoms with van der Waals surface area (Å²) in [4.78, 5) is 12.5. The van der Waals surface area contributed by atoms with Gasteiger partial charge in [-0.15, -0.1) is 0 Å². The first-order chi connectivity index (χ1) is 14.8. The van der Waals surface area contributed by atoms with Gasteiger partial charge in [-0.1, -0.05) is 44.2 Å². The van der Waals surface area contributed by atoms with Gasteiger partial charge in [-0.25, -0.2) is 0 Å². The van der Waals surface area contributed by atoms with Crippen LogP contribution in [0.3, 0.4) is 0 Å². The maximum atomic E-state index is 12.5. The van der Waals surface area contributed by atoms with Crippen molar-refractivity contribution in [1.82, 2.24) is 0 Å². The highest BCUT2D eigenvalue weighted by atomic mass is 16.1. The Labute approximate surface area is 193 Å². The van der Waals surface area contributed by atoms with Crippen LogP contribution in [0, 0.1) is 42.9 Å². The molecule has 0 bridgehead atoms. The van der Waals surface area contributed by atoms with Crippen LogP contribution in [0.4, 0.5) is 0 Å². The minimum atomic E-state index is -0.324. The highest BCUT2D eigenvalue weighted by Gasteiger charge is 2.68. The third-order valence-corrected chi connectivity index (χ3v) is 10.4. The Morgan fingerprint density at radius 1 is 1.09 bits per heavy atom. The number of benzene rings is 1. The SMILES string of the molecule is C=C1C2=C(C)[C@]3(C)C(=C)C(C(N)=O)=C(C)[C@H]4CC[C@]43C[C@]2(C)Cc2c(C)cc(C)c(C)c21. The molecule has 1 spiro atoms. The zero-order valence-electron chi connectivity index (χ0n) is 20.9. The van der Waals surface area contributed by atoms with Crippen LogP contribution < -0.4 is 5.73 Å². The van der Waals surface area contributed by atoms with Crippen molar-refractivity contribution in [3.63, 3.8) is 0 Å². The maximum Gasteiger partial charge on any atom is 0.248 e. The van der Waals surface area contributed by atoms with Crippen LogP contribution in [-0.4, -0.2) is 5.91 Å². The fourth-order valence-electron chi connectivity index (χ4n) is 8.68. The summed E-state index contributed by atoms with van der Waals surface area (Å²) in [5.41, 5.74) is 19.5. The molecule has 168 valence electrons. The summed E-state index contributed by atoms with van der Waals surface area (Å²) in [6, 6.07) is 2.35. The van der Waals surface area contributed by atoms with Gasteiger partial charge in [-0.3, -0.25) is 4.79 Å². The number of allylic oxidation sites excluding steroid dienone is 4. The molecule has 4 aliphatic rings. The molecule has 1 fully saturated rings. The Hall–Kier alpha value is -2.35. The average Bonchev–Trinajstić information content (AvgIpc) is 2.66. The van der Waals surface area contributed by atoms with Crippen molar-refractivity contribution in [2.24, 2.45) is 27.9 Å². The fourth-order valence-corrected chi connectivity index (χ4v) is 8.68. The first kappa shape index (κ1) is 21.5. The molecular weight excluding hydrogens is 390 g/mol. The summed E-state index contributed by atoms with van der Waals surface area (Å²) >= 11 is 0. The van der Waals surface area contributed by atoms with Gasteiger partial charge in [-0.05, 0) is 122 Å². The number of nitrogens with two attached hydrogens (primary N) is 1. The van der Waals surface area contributed by atoms with E-state index in [2.05, 4.69) is 61.1 Å². The Balaban J connectivity index is 1.82. The van der Waals surface area contributed by atoms with Crippen LogP contribution in [0.5, 0.6) is 0 Å². The molecular formula is C30H37NO. The number of primary amides is 1. The van der Waals surface area contributed by atoms with Crippen LogP contribution in [0.25, 0.3) is 5.57 Å². The number of carbonyl (C=O) groups excluding carboxylic acids is 1. The summed E-state index contributed by atoms with van der Waals surface area (Å²) in [5, 5.41) is 0. The number of aryl methyl sites for hydroxylation is 2.